The third kappa shape index (κ3) is 2.89. The highest BCUT2D eigenvalue weighted by molar-refractivity contribution is 5.93. The Morgan fingerprint density at radius 3 is 2.24 bits per heavy atom. The summed E-state index contributed by atoms with van der Waals surface area (Å²) in [7, 11) is 2.13. The smallest absolute Gasteiger partial charge is 0.200 e. The molecule has 0 amide bonds. The van der Waals surface area contributed by atoms with Gasteiger partial charge in [0.2, 0.25) is 11.4 Å². The molecule has 0 saturated heterocycles. The summed E-state index contributed by atoms with van der Waals surface area (Å²) in [5.74, 6) is 0. The first-order chi connectivity index (χ1) is 14.1. The van der Waals surface area contributed by atoms with Gasteiger partial charge in [0.05, 0.1) is 10.9 Å². The molecule has 0 N–H and O–H groups in total. The summed E-state index contributed by atoms with van der Waals surface area (Å²) >= 11 is 0. The molecule has 2 heterocycles. The van der Waals surface area contributed by atoms with E-state index in [0.717, 1.165) is 0 Å². The van der Waals surface area contributed by atoms with Crippen LogP contribution < -0.4 is 9.13 Å². The van der Waals surface area contributed by atoms with Gasteiger partial charge in [0.25, 0.3) is 0 Å². The highest BCUT2D eigenvalue weighted by Gasteiger charge is 2.22. The zero-order valence-corrected chi connectivity index (χ0v) is 17.1. The molecule has 0 aliphatic rings. The minimum Gasteiger partial charge on any atom is -0.200 e. The number of hydrogen-bond donors (Lipinski definition) is 0. The molecule has 29 heavy (non-hydrogen) atoms. The van der Waals surface area contributed by atoms with Gasteiger partial charge < -0.3 is 0 Å². The molecule has 5 aromatic rings. The Labute approximate surface area is 171 Å². The summed E-state index contributed by atoms with van der Waals surface area (Å²) in [6, 6.07) is 28.2. The second-order valence-electron chi connectivity index (χ2n) is 7.73. The van der Waals surface area contributed by atoms with E-state index in [0.29, 0.717) is 0 Å². The lowest BCUT2D eigenvalue weighted by Crippen LogP contribution is -2.35. The van der Waals surface area contributed by atoms with Crippen molar-refractivity contribution in [3.05, 3.63) is 103 Å². The standard InChI is InChI=1S/C27H24N2/c1-19-17-22-10-4-5-11-23(22)18-29(19)26-14-8-13-24(20(26)2)27-25-12-7-6-9-21(25)15-16-28(27)3/h4-18H,1-3H3/q+2. The Kier molecular flexibility index (Phi) is 4.13. The second kappa shape index (κ2) is 6.82. The predicted molar refractivity (Wildman–Crippen MR) is 119 cm³/mol. The molecule has 0 aliphatic carbocycles. The van der Waals surface area contributed by atoms with Crippen LogP contribution in [-0.4, -0.2) is 0 Å². The molecule has 0 fully saturated rings. The fourth-order valence-corrected chi connectivity index (χ4v) is 4.35. The summed E-state index contributed by atoms with van der Waals surface area (Å²) in [6.45, 7) is 4.41. The molecule has 2 nitrogen and oxygen atoms in total. The van der Waals surface area contributed by atoms with Crippen molar-refractivity contribution in [2.75, 3.05) is 0 Å². The molecular weight excluding hydrogens is 352 g/mol. The molecule has 0 bridgehead atoms. The average Bonchev–Trinajstić information content (AvgIpc) is 2.74. The van der Waals surface area contributed by atoms with E-state index in [2.05, 4.69) is 121 Å². The molecule has 0 aliphatic heterocycles. The van der Waals surface area contributed by atoms with Crippen molar-refractivity contribution in [1.82, 2.24) is 0 Å². The van der Waals surface area contributed by atoms with Crippen LogP contribution in [0.25, 0.3) is 38.5 Å². The van der Waals surface area contributed by atoms with E-state index in [9.17, 15) is 0 Å². The number of hydrogen-bond acceptors (Lipinski definition) is 0. The first kappa shape index (κ1) is 17.6. The second-order valence-corrected chi connectivity index (χ2v) is 7.73. The number of aryl methyl sites for hydroxylation is 2. The summed E-state index contributed by atoms with van der Waals surface area (Å²) in [5, 5.41) is 5.06. The normalized spacial score (nSPS) is 11.3. The van der Waals surface area contributed by atoms with Crippen LogP contribution in [-0.2, 0) is 7.05 Å². The van der Waals surface area contributed by atoms with Crippen LogP contribution in [0.1, 0.15) is 11.3 Å². The molecule has 0 unspecified atom stereocenters. The third-order valence-electron chi connectivity index (χ3n) is 5.87. The lowest BCUT2D eigenvalue weighted by atomic mass is 9.98. The van der Waals surface area contributed by atoms with Gasteiger partial charge >= 0.3 is 0 Å². The van der Waals surface area contributed by atoms with Gasteiger partial charge in [0.15, 0.2) is 18.1 Å². The van der Waals surface area contributed by atoms with Crippen LogP contribution >= 0.6 is 0 Å². The largest absolute Gasteiger partial charge is 0.220 e. The van der Waals surface area contributed by atoms with E-state index in [1.54, 1.807) is 0 Å². The van der Waals surface area contributed by atoms with Crippen molar-refractivity contribution in [3.63, 3.8) is 0 Å². The number of rotatable bonds is 2. The molecular formula is C27H24N2+2. The van der Waals surface area contributed by atoms with Gasteiger partial charge in [-0.3, -0.25) is 0 Å². The van der Waals surface area contributed by atoms with Gasteiger partial charge in [-0.1, -0.05) is 42.5 Å². The Balaban J connectivity index is 1.78. The van der Waals surface area contributed by atoms with Crippen LogP contribution in [0.4, 0.5) is 0 Å². The zero-order chi connectivity index (χ0) is 20.0. The minimum absolute atomic E-state index is 1.22. The van der Waals surface area contributed by atoms with Crippen LogP contribution in [0.2, 0.25) is 0 Å². The van der Waals surface area contributed by atoms with Crippen LogP contribution in [0.15, 0.2) is 91.3 Å². The summed E-state index contributed by atoms with van der Waals surface area (Å²) < 4.78 is 4.54. The first-order valence-corrected chi connectivity index (χ1v) is 10.0. The lowest BCUT2D eigenvalue weighted by molar-refractivity contribution is -0.659. The molecule has 140 valence electrons. The van der Waals surface area contributed by atoms with E-state index >= 15 is 0 Å². The number of benzene rings is 3. The van der Waals surface area contributed by atoms with Gasteiger partial charge in [-0.15, -0.1) is 0 Å². The fourth-order valence-electron chi connectivity index (χ4n) is 4.35. The SMILES string of the molecule is Cc1c(-c2c3ccccc3cc[n+]2C)cccc1-[n+]1cc2ccccc2cc1C. The quantitative estimate of drug-likeness (QED) is 0.366. The van der Waals surface area contributed by atoms with Crippen molar-refractivity contribution >= 4 is 21.5 Å². The van der Waals surface area contributed by atoms with Crippen LogP contribution in [0.3, 0.4) is 0 Å². The van der Waals surface area contributed by atoms with Gasteiger partial charge in [-0.25, -0.2) is 4.57 Å². The molecule has 0 atom stereocenters. The van der Waals surface area contributed by atoms with E-state index < -0.39 is 0 Å². The van der Waals surface area contributed by atoms with Crippen molar-refractivity contribution in [2.24, 2.45) is 7.05 Å². The molecule has 5 rings (SSSR count). The van der Waals surface area contributed by atoms with Crippen LogP contribution in [0.5, 0.6) is 0 Å². The summed E-state index contributed by atoms with van der Waals surface area (Å²) in [6.07, 6.45) is 4.40. The summed E-state index contributed by atoms with van der Waals surface area (Å²) in [5.41, 5.74) is 6.25. The highest BCUT2D eigenvalue weighted by atomic mass is 15.0. The monoisotopic (exact) mass is 376 g/mol. The van der Waals surface area contributed by atoms with E-state index in [4.69, 9.17) is 0 Å². The number of pyridine rings is 2. The Bertz CT molecular complexity index is 1380. The number of aromatic nitrogens is 2. The predicted octanol–water partition coefficient (Wildman–Crippen LogP) is 5.38. The maximum absolute atomic E-state index is 2.31. The van der Waals surface area contributed by atoms with Gasteiger partial charge in [-0.05, 0) is 35.9 Å². The fraction of sp³-hybridized carbons (Fsp3) is 0.111. The molecule has 2 heteroatoms. The van der Waals surface area contributed by atoms with Crippen LogP contribution in [0, 0.1) is 13.8 Å². The summed E-state index contributed by atoms with van der Waals surface area (Å²) in [4.78, 5) is 0. The third-order valence-corrected chi connectivity index (χ3v) is 5.87. The van der Waals surface area contributed by atoms with Gasteiger partial charge in [0.1, 0.15) is 7.05 Å². The highest BCUT2D eigenvalue weighted by Crippen LogP contribution is 2.29. The average molecular weight is 377 g/mol. The van der Waals surface area contributed by atoms with Gasteiger partial charge in [-0.2, -0.15) is 4.57 Å². The zero-order valence-electron chi connectivity index (χ0n) is 17.1. The number of fused-ring (bicyclic) bond motifs is 2. The molecule has 0 spiro atoms. The maximum Gasteiger partial charge on any atom is 0.220 e. The first-order valence-electron chi connectivity index (χ1n) is 10.0. The number of nitrogens with zero attached hydrogens (tertiary/aromatic N) is 2. The Morgan fingerprint density at radius 1 is 0.690 bits per heavy atom. The van der Waals surface area contributed by atoms with E-state index in [1.165, 1.54) is 49.7 Å². The van der Waals surface area contributed by atoms with Crippen molar-refractivity contribution in [2.45, 2.75) is 13.8 Å². The topological polar surface area (TPSA) is 7.76 Å². The van der Waals surface area contributed by atoms with Gasteiger partial charge in [0, 0.05) is 36.1 Å². The molecule has 2 aromatic heterocycles. The lowest BCUT2D eigenvalue weighted by Gasteiger charge is -2.10. The van der Waals surface area contributed by atoms with Crippen molar-refractivity contribution in [1.29, 1.82) is 0 Å². The van der Waals surface area contributed by atoms with E-state index in [-0.39, 0.29) is 0 Å². The Hall–Kier alpha value is -3.52. The molecule has 0 saturated carbocycles. The minimum atomic E-state index is 1.22. The molecule has 0 radical (unpaired) electrons. The molecule has 3 aromatic carbocycles. The van der Waals surface area contributed by atoms with Crippen molar-refractivity contribution in [3.8, 4) is 16.9 Å². The maximum atomic E-state index is 2.31. The van der Waals surface area contributed by atoms with E-state index in [1.807, 2.05) is 0 Å². The van der Waals surface area contributed by atoms with Crippen molar-refractivity contribution < 1.29 is 9.13 Å². The Morgan fingerprint density at radius 2 is 1.41 bits per heavy atom.